The maximum absolute atomic E-state index is 5.48. The van der Waals surface area contributed by atoms with Gasteiger partial charge in [0.25, 0.3) is 0 Å². The Balaban J connectivity index is 2.10. The number of rotatable bonds is 7. The second-order valence-corrected chi connectivity index (χ2v) is 4.89. The van der Waals surface area contributed by atoms with Crippen LogP contribution in [-0.4, -0.2) is 6.54 Å². The molecule has 0 bridgehead atoms. The zero-order chi connectivity index (χ0) is 12.8. The highest BCUT2D eigenvalue weighted by Crippen LogP contribution is 2.26. The van der Waals surface area contributed by atoms with Gasteiger partial charge in [0.15, 0.2) is 0 Å². The minimum atomic E-state index is 0.439. The van der Waals surface area contributed by atoms with Crippen molar-refractivity contribution >= 4 is 0 Å². The molecular formula is C16H23NO. The Morgan fingerprint density at radius 2 is 2.22 bits per heavy atom. The molecule has 0 saturated carbocycles. The van der Waals surface area contributed by atoms with Crippen molar-refractivity contribution in [3.05, 3.63) is 47.5 Å². The summed E-state index contributed by atoms with van der Waals surface area (Å²) in [6, 6.07) is 7.20. The van der Waals surface area contributed by atoms with Crippen molar-refractivity contribution in [1.29, 1.82) is 0 Å². The molecule has 1 heterocycles. The average Bonchev–Trinajstić information content (AvgIpc) is 2.86. The van der Waals surface area contributed by atoms with Gasteiger partial charge in [-0.1, -0.05) is 31.2 Å². The van der Waals surface area contributed by atoms with Gasteiger partial charge < -0.3 is 10.1 Å². The Kier molecular flexibility index (Phi) is 4.97. The molecule has 0 fully saturated rings. The molecule has 1 aromatic carbocycles. The predicted octanol–water partition coefficient (Wildman–Crippen LogP) is 3.72. The second-order valence-electron chi connectivity index (χ2n) is 4.89. The number of nitrogens with one attached hydrogen (secondary N) is 1. The largest absolute Gasteiger partial charge is 0.372 e. The fourth-order valence-electron chi connectivity index (χ4n) is 2.40. The molecule has 98 valence electrons. The van der Waals surface area contributed by atoms with Crippen LogP contribution in [0, 0.1) is 0 Å². The van der Waals surface area contributed by atoms with Crippen LogP contribution in [-0.2, 0) is 18.0 Å². The fraction of sp³-hybridized carbons (Fsp3) is 0.500. The zero-order valence-corrected chi connectivity index (χ0v) is 11.2. The van der Waals surface area contributed by atoms with Crippen LogP contribution in [0.1, 0.15) is 48.9 Å². The summed E-state index contributed by atoms with van der Waals surface area (Å²) < 4.78 is 5.48. The maximum atomic E-state index is 5.48. The van der Waals surface area contributed by atoms with E-state index in [9.17, 15) is 0 Å². The average molecular weight is 245 g/mol. The third kappa shape index (κ3) is 3.21. The molecule has 1 aliphatic rings. The summed E-state index contributed by atoms with van der Waals surface area (Å²) in [5.74, 6) is 0. The molecule has 2 heteroatoms. The molecule has 0 saturated heterocycles. The van der Waals surface area contributed by atoms with Crippen molar-refractivity contribution in [1.82, 2.24) is 5.32 Å². The Hall–Kier alpha value is -1.12. The quantitative estimate of drug-likeness (QED) is 0.739. The molecule has 0 radical (unpaired) electrons. The van der Waals surface area contributed by atoms with Gasteiger partial charge in [-0.3, -0.25) is 0 Å². The molecule has 18 heavy (non-hydrogen) atoms. The van der Waals surface area contributed by atoms with Crippen molar-refractivity contribution in [3.8, 4) is 0 Å². The molecule has 0 amide bonds. The van der Waals surface area contributed by atoms with E-state index in [1.807, 2.05) is 6.08 Å². The number of allylic oxidation sites excluding steroid dienone is 1. The summed E-state index contributed by atoms with van der Waals surface area (Å²) in [5, 5.41) is 3.62. The molecule has 1 unspecified atom stereocenters. The smallest absolute Gasteiger partial charge is 0.0725 e. The number of benzene rings is 1. The third-order valence-electron chi connectivity index (χ3n) is 3.45. The van der Waals surface area contributed by atoms with Crippen LogP contribution in [0.15, 0.2) is 30.9 Å². The summed E-state index contributed by atoms with van der Waals surface area (Å²) in [4.78, 5) is 0. The van der Waals surface area contributed by atoms with Crippen molar-refractivity contribution in [2.75, 3.05) is 6.54 Å². The lowest BCUT2D eigenvalue weighted by Crippen LogP contribution is -2.22. The summed E-state index contributed by atoms with van der Waals surface area (Å²) in [6.45, 7) is 8.63. The highest BCUT2D eigenvalue weighted by molar-refractivity contribution is 5.34. The van der Waals surface area contributed by atoms with E-state index in [0.29, 0.717) is 6.04 Å². The van der Waals surface area contributed by atoms with Gasteiger partial charge in [0.2, 0.25) is 0 Å². The van der Waals surface area contributed by atoms with Crippen LogP contribution in [0.3, 0.4) is 0 Å². The van der Waals surface area contributed by atoms with Gasteiger partial charge in [0.05, 0.1) is 13.2 Å². The maximum Gasteiger partial charge on any atom is 0.0725 e. The predicted molar refractivity (Wildman–Crippen MR) is 75.4 cm³/mol. The van der Waals surface area contributed by atoms with Gasteiger partial charge in [-0.25, -0.2) is 0 Å². The van der Waals surface area contributed by atoms with E-state index in [0.717, 1.165) is 32.6 Å². The highest BCUT2D eigenvalue weighted by atomic mass is 16.5. The lowest BCUT2D eigenvalue weighted by atomic mass is 9.98. The van der Waals surface area contributed by atoms with Crippen LogP contribution in [0.2, 0.25) is 0 Å². The first-order valence-electron chi connectivity index (χ1n) is 6.89. The normalized spacial score (nSPS) is 15.4. The topological polar surface area (TPSA) is 21.3 Å². The van der Waals surface area contributed by atoms with Crippen molar-refractivity contribution in [2.24, 2.45) is 0 Å². The van der Waals surface area contributed by atoms with Crippen molar-refractivity contribution < 1.29 is 4.74 Å². The third-order valence-corrected chi connectivity index (χ3v) is 3.45. The molecule has 0 aromatic heterocycles. The first kappa shape index (κ1) is 13.3. The van der Waals surface area contributed by atoms with E-state index >= 15 is 0 Å². The number of hydrogen-bond donors (Lipinski definition) is 1. The SMILES string of the molecule is C=CCCC(NCCC)c1ccc2c(c1)COC2. The molecule has 1 aromatic rings. The molecule has 0 spiro atoms. The minimum Gasteiger partial charge on any atom is -0.372 e. The minimum absolute atomic E-state index is 0.439. The van der Waals surface area contributed by atoms with Crippen LogP contribution >= 0.6 is 0 Å². The Morgan fingerprint density at radius 1 is 1.39 bits per heavy atom. The zero-order valence-electron chi connectivity index (χ0n) is 11.2. The highest BCUT2D eigenvalue weighted by Gasteiger charge is 2.15. The van der Waals surface area contributed by atoms with E-state index in [1.165, 1.54) is 23.1 Å². The summed E-state index contributed by atoms with van der Waals surface area (Å²) >= 11 is 0. The molecular weight excluding hydrogens is 222 g/mol. The summed E-state index contributed by atoms with van der Waals surface area (Å²) in [7, 11) is 0. The molecule has 2 rings (SSSR count). The van der Waals surface area contributed by atoms with Gasteiger partial charge in [-0.15, -0.1) is 6.58 Å². The van der Waals surface area contributed by atoms with E-state index in [2.05, 4.69) is 37.0 Å². The Labute approximate surface area is 110 Å². The van der Waals surface area contributed by atoms with Gasteiger partial charge in [-0.2, -0.15) is 0 Å². The standard InChI is InChI=1S/C16H23NO/c1-3-5-6-16(17-9-4-2)13-7-8-14-11-18-12-15(14)10-13/h3,7-8,10,16-17H,1,4-6,9,11-12H2,2H3. The van der Waals surface area contributed by atoms with Gasteiger partial charge in [0.1, 0.15) is 0 Å². The van der Waals surface area contributed by atoms with Crippen LogP contribution < -0.4 is 5.32 Å². The fourth-order valence-corrected chi connectivity index (χ4v) is 2.40. The van der Waals surface area contributed by atoms with Gasteiger partial charge >= 0.3 is 0 Å². The van der Waals surface area contributed by atoms with Crippen molar-refractivity contribution in [2.45, 2.75) is 45.4 Å². The molecule has 1 N–H and O–H groups in total. The van der Waals surface area contributed by atoms with E-state index in [4.69, 9.17) is 4.74 Å². The summed E-state index contributed by atoms with van der Waals surface area (Å²) in [5.41, 5.74) is 4.08. The van der Waals surface area contributed by atoms with E-state index in [-0.39, 0.29) is 0 Å². The van der Waals surface area contributed by atoms with Crippen LogP contribution in [0.5, 0.6) is 0 Å². The summed E-state index contributed by atoms with van der Waals surface area (Å²) in [6.07, 6.45) is 5.33. The lowest BCUT2D eigenvalue weighted by Gasteiger charge is -2.19. The van der Waals surface area contributed by atoms with E-state index in [1.54, 1.807) is 0 Å². The van der Waals surface area contributed by atoms with Crippen molar-refractivity contribution in [3.63, 3.8) is 0 Å². The van der Waals surface area contributed by atoms with E-state index < -0.39 is 0 Å². The van der Waals surface area contributed by atoms with Crippen LogP contribution in [0.25, 0.3) is 0 Å². The second kappa shape index (κ2) is 6.72. The number of fused-ring (bicyclic) bond motifs is 1. The van der Waals surface area contributed by atoms with Crippen LogP contribution in [0.4, 0.5) is 0 Å². The van der Waals surface area contributed by atoms with Gasteiger partial charge in [-0.05, 0) is 42.5 Å². The lowest BCUT2D eigenvalue weighted by molar-refractivity contribution is 0.134. The molecule has 0 aliphatic carbocycles. The Morgan fingerprint density at radius 3 is 3.00 bits per heavy atom. The monoisotopic (exact) mass is 245 g/mol. The first-order valence-corrected chi connectivity index (χ1v) is 6.89. The first-order chi connectivity index (χ1) is 8.85. The number of ether oxygens (including phenoxy) is 1. The van der Waals surface area contributed by atoms with Gasteiger partial charge in [0, 0.05) is 6.04 Å². The Bertz CT molecular complexity index is 400. The molecule has 1 atom stereocenters. The number of hydrogen-bond acceptors (Lipinski definition) is 2. The molecule has 2 nitrogen and oxygen atoms in total. The molecule has 1 aliphatic heterocycles.